The molecule has 222 valence electrons. The first-order chi connectivity index (χ1) is 20.0. The Morgan fingerprint density at radius 2 is 1.71 bits per heavy atom. The van der Waals surface area contributed by atoms with Gasteiger partial charge in [0.05, 0.1) is 31.4 Å². The van der Waals surface area contributed by atoms with Crippen molar-refractivity contribution in [3.05, 3.63) is 96.6 Å². The van der Waals surface area contributed by atoms with Gasteiger partial charge in [-0.1, -0.05) is 49.4 Å². The number of fused-ring (bicyclic) bond motifs is 2. The van der Waals surface area contributed by atoms with Gasteiger partial charge < -0.3 is 24.4 Å². The van der Waals surface area contributed by atoms with E-state index in [0.717, 1.165) is 29.5 Å². The van der Waals surface area contributed by atoms with Crippen LogP contribution in [-0.2, 0) is 33.0 Å². The molecule has 1 spiro atoms. The van der Waals surface area contributed by atoms with E-state index in [-0.39, 0.29) is 42.8 Å². The van der Waals surface area contributed by atoms with Crippen LogP contribution < -0.4 is 4.90 Å². The first kappa shape index (κ1) is 31.6. The highest BCUT2D eigenvalue weighted by Gasteiger charge is 2.66. The minimum absolute atomic E-state index is 0.0179. The minimum atomic E-state index is -2.92. The van der Waals surface area contributed by atoms with Gasteiger partial charge in [-0.05, 0) is 99.7 Å². The fourth-order valence-corrected chi connectivity index (χ4v) is 10.4. The Hall–Kier alpha value is -1.84. The molecule has 3 aromatic carbocycles. The summed E-state index contributed by atoms with van der Waals surface area (Å²) in [6.45, 7) is 6.51. The van der Waals surface area contributed by atoms with Crippen molar-refractivity contribution in [2.75, 3.05) is 18.1 Å². The van der Waals surface area contributed by atoms with Crippen molar-refractivity contribution in [2.45, 2.75) is 56.8 Å². The third kappa shape index (κ3) is 6.07. The lowest BCUT2D eigenvalue weighted by molar-refractivity contribution is -0.150. The Morgan fingerprint density at radius 3 is 2.38 bits per heavy atom. The summed E-state index contributed by atoms with van der Waals surface area (Å²) < 4.78 is 8.94. The van der Waals surface area contributed by atoms with Crippen molar-refractivity contribution in [3.8, 4) is 0 Å². The molecule has 1 fully saturated rings. The Bertz CT molecular complexity index is 1470. The lowest BCUT2D eigenvalue weighted by Gasteiger charge is -2.32. The summed E-state index contributed by atoms with van der Waals surface area (Å²) in [5.74, 6) is -0.678. The fourth-order valence-electron chi connectivity index (χ4n) is 6.74. The van der Waals surface area contributed by atoms with Gasteiger partial charge in [0.2, 0.25) is 5.91 Å². The Balaban J connectivity index is 1.51. The number of ether oxygens (including phenoxy) is 1. The van der Waals surface area contributed by atoms with Crippen LogP contribution in [0.3, 0.4) is 0 Å². The maximum atomic E-state index is 14.6. The molecule has 4 atom stereocenters. The van der Waals surface area contributed by atoms with Gasteiger partial charge in [-0.3, -0.25) is 9.59 Å². The number of nitrogens with zero attached hydrogens (tertiary/aromatic N) is 2. The van der Waals surface area contributed by atoms with Crippen LogP contribution in [-0.4, -0.2) is 54.2 Å². The van der Waals surface area contributed by atoms with E-state index in [2.05, 4.69) is 51.2 Å². The van der Waals surface area contributed by atoms with Crippen LogP contribution in [0, 0.1) is 13.1 Å². The van der Waals surface area contributed by atoms with Gasteiger partial charge >= 0.3 is 0 Å². The molecule has 0 bridgehead atoms. The molecule has 2 heterocycles. The molecule has 2 N–H and O–H groups in total. The van der Waals surface area contributed by atoms with Crippen LogP contribution >= 0.6 is 45.2 Å². The second-order valence-electron chi connectivity index (χ2n) is 11.8. The van der Waals surface area contributed by atoms with Crippen LogP contribution in [0.4, 0.5) is 5.69 Å². The number of amides is 2. The number of halogens is 2. The van der Waals surface area contributed by atoms with Crippen molar-refractivity contribution < 1.29 is 24.2 Å². The van der Waals surface area contributed by atoms with Crippen LogP contribution in [0.15, 0.2) is 72.8 Å². The van der Waals surface area contributed by atoms with E-state index in [1.807, 2.05) is 86.7 Å². The molecule has 2 aliphatic rings. The maximum absolute atomic E-state index is 14.6. The average molecular weight is 811 g/mol. The molecular formula is C32H36I2N2O5Si. The maximum Gasteiger partial charge on any atom is 0.264 e. The van der Waals surface area contributed by atoms with E-state index < -0.39 is 20.0 Å². The van der Waals surface area contributed by atoms with Crippen LogP contribution in [0.1, 0.15) is 30.0 Å². The molecule has 0 saturated carbocycles. The first-order valence-corrected chi connectivity index (χ1v) is 19.3. The lowest BCUT2D eigenvalue weighted by Crippen LogP contribution is -2.46. The van der Waals surface area contributed by atoms with E-state index in [4.69, 9.17) is 4.74 Å². The number of hydrogen-bond donors (Lipinski definition) is 2. The highest BCUT2D eigenvalue weighted by Crippen LogP contribution is 2.60. The Labute approximate surface area is 275 Å². The molecule has 10 heteroatoms. The molecule has 5 rings (SSSR count). The third-order valence-corrected chi connectivity index (χ3v) is 12.3. The summed E-state index contributed by atoms with van der Waals surface area (Å²) in [5.41, 5.74) is 1.92. The topological polar surface area (TPSA) is 90.3 Å². The Morgan fingerprint density at radius 1 is 1.02 bits per heavy atom. The van der Waals surface area contributed by atoms with Crippen molar-refractivity contribution in [2.24, 2.45) is 5.92 Å². The van der Waals surface area contributed by atoms with Crippen molar-refractivity contribution >= 4 is 71.0 Å². The van der Waals surface area contributed by atoms with Crippen LogP contribution in [0.2, 0.25) is 18.6 Å². The predicted octanol–water partition coefficient (Wildman–Crippen LogP) is 5.65. The first-order valence-electron chi connectivity index (χ1n) is 14.1. The monoisotopic (exact) mass is 810 g/mol. The molecule has 2 aliphatic heterocycles. The van der Waals surface area contributed by atoms with E-state index >= 15 is 0 Å². The number of hydrogen-bond acceptors (Lipinski definition) is 5. The summed E-state index contributed by atoms with van der Waals surface area (Å²) in [7, 11) is -2.92. The summed E-state index contributed by atoms with van der Waals surface area (Å²) in [6.07, 6.45) is -0.632. The standard InChI is InChI=1S/C32H36I2N2O5Si/c1-21-30(42(2,3)40)28(18-29(38)35(14-15-37)19-22-8-5-4-6-9-22)41-32(21)26-17-25(34)12-13-27(26)36(31(32)39)20-23-10-7-11-24(33)16-23/h4-13,16-17,21,28,30,37,40H,14-15,18-20H2,1-3H3/t21-,28+,30-,32+/m0/s1. The highest BCUT2D eigenvalue weighted by atomic mass is 127. The second-order valence-corrected chi connectivity index (χ2v) is 18.2. The molecule has 0 aromatic heterocycles. The van der Waals surface area contributed by atoms with Gasteiger partial charge in [-0.25, -0.2) is 0 Å². The normalized spacial score (nSPS) is 23.5. The molecule has 0 aliphatic carbocycles. The SMILES string of the molecule is C[C@H]1[C@H]([Si](C)(C)O)[C@@H](CC(=O)N(CCO)Cc2ccccc2)O[C@]12C(=O)N(Cc1cccc(I)c1)c1ccc(I)cc12. The number of carbonyl (C=O) groups is 2. The molecule has 3 aromatic rings. The minimum Gasteiger partial charge on any atom is -0.432 e. The highest BCUT2D eigenvalue weighted by molar-refractivity contribution is 14.1. The summed E-state index contributed by atoms with van der Waals surface area (Å²) >= 11 is 4.53. The lowest BCUT2D eigenvalue weighted by atomic mass is 9.82. The average Bonchev–Trinajstić information content (AvgIpc) is 3.35. The number of benzene rings is 3. The van der Waals surface area contributed by atoms with E-state index in [1.165, 1.54) is 0 Å². The van der Waals surface area contributed by atoms with Gasteiger partial charge in [0.15, 0.2) is 13.9 Å². The van der Waals surface area contributed by atoms with Crippen molar-refractivity contribution in [3.63, 3.8) is 0 Å². The van der Waals surface area contributed by atoms with E-state index in [1.54, 1.807) is 9.80 Å². The summed E-state index contributed by atoms with van der Waals surface area (Å²) in [4.78, 5) is 43.4. The third-order valence-electron chi connectivity index (χ3n) is 8.49. The fraction of sp³-hybridized carbons (Fsp3) is 0.375. The van der Waals surface area contributed by atoms with Gasteiger partial charge in [-0.15, -0.1) is 0 Å². The molecule has 2 amide bonds. The molecular weight excluding hydrogens is 774 g/mol. The summed E-state index contributed by atoms with van der Waals surface area (Å²) in [6, 6.07) is 23.7. The van der Waals surface area contributed by atoms with Crippen molar-refractivity contribution in [1.82, 2.24) is 4.90 Å². The number of aliphatic hydroxyl groups excluding tert-OH is 1. The van der Waals surface area contributed by atoms with Gasteiger partial charge in [0, 0.05) is 37.3 Å². The number of anilines is 1. The quantitative estimate of drug-likeness (QED) is 0.216. The van der Waals surface area contributed by atoms with Gasteiger partial charge in [0.1, 0.15) is 0 Å². The van der Waals surface area contributed by atoms with Crippen molar-refractivity contribution in [1.29, 1.82) is 0 Å². The van der Waals surface area contributed by atoms with Gasteiger partial charge in [0.25, 0.3) is 5.91 Å². The number of rotatable bonds is 9. The molecule has 0 unspecified atom stereocenters. The zero-order valence-corrected chi connectivity index (χ0v) is 29.3. The second kappa shape index (κ2) is 12.6. The number of aliphatic hydroxyl groups is 1. The zero-order valence-electron chi connectivity index (χ0n) is 24.0. The molecule has 7 nitrogen and oxygen atoms in total. The van der Waals surface area contributed by atoms with E-state index in [9.17, 15) is 19.5 Å². The van der Waals surface area contributed by atoms with E-state index in [0.29, 0.717) is 13.1 Å². The Kier molecular flexibility index (Phi) is 9.50. The summed E-state index contributed by atoms with van der Waals surface area (Å²) in [5, 5.41) is 9.74. The largest absolute Gasteiger partial charge is 0.432 e. The number of carbonyl (C=O) groups excluding carboxylic acids is 2. The molecule has 1 saturated heterocycles. The smallest absolute Gasteiger partial charge is 0.264 e. The van der Waals surface area contributed by atoms with Gasteiger partial charge in [-0.2, -0.15) is 0 Å². The van der Waals surface area contributed by atoms with Crippen LogP contribution in [0.25, 0.3) is 0 Å². The predicted molar refractivity (Wildman–Crippen MR) is 182 cm³/mol. The molecule has 42 heavy (non-hydrogen) atoms. The molecule has 0 radical (unpaired) electrons. The zero-order chi connectivity index (χ0) is 30.2. The van der Waals surface area contributed by atoms with Crippen LogP contribution in [0.5, 0.6) is 0 Å².